The van der Waals surface area contributed by atoms with E-state index in [1.165, 1.54) is 11.3 Å². The number of thiophene rings is 1. The Morgan fingerprint density at radius 3 is 2.84 bits per heavy atom. The number of rotatable bonds is 5. The van der Waals surface area contributed by atoms with Crippen molar-refractivity contribution in [1.29, 1.82) is 0 Å². The van der Waals surface area contributed by atoms with Crippen LogP contribution in [0.2, 0.25) is 0 Å². The maximum Gasteiger partial charge on any atom is 0.331 e. The number of hydrogen-bond acceptors (Lipinski definition) is 4. The Morgan fingerprint density at radius 2 is 2.26 bits per heavy atom. The molecule has 2 N–H and O–H groups in total. The number of nitrogens with one attached hydrogen (secondary N) is 1. The first kappa shape index (κ1) is 13.9. The molecule has 0 amide bonds. The third-order valence-electron chi connectivity index (χ3n) is 2.53. The molecule has 2 rings (SSSR count). The van der Waals surface area contributed by atoms with Gasteiger partial charge in [-0.15, -0.1) is 11.3 Å². The van der Waals surface area contributed by atoms with Gasteiger partial charge in [0.15, 0.2) is 6.04 Å². The second-order valence-electron chi connectivity index (χ2n) is 3.78. The van der Waals surface area contributed by atoms with Gasteiger partial charge >= 0.3 is 5.97 Å². The first-order chi connectivity index (χ1) is 9.11. The molecule has 0 radical (unpaired) electrons. The molecule has 0 fully saturated rings. The first-order valence-corrected chi connectivity index (χ1v) is 7.15. The maximum absolute atomic E-state index is 11.4. The van der Waals surface area contributed by atoms with Crippen LogP contribution in [0.15, 0.2) is 40.2 Å². The molecule has 1 aromatic heterocycles. The van der Waals surface area contributed by atoms with Crippen LogP contribution in [0.3, 0.4) is 0 Å². The van der Waals surface area contributed by atoms with E-state index in [0.29, 0.717) is 11.4 Å². The Balaban J connectivity index is 2.27. The van der Waals surface area contributed by atoms with Crippen LogP contribution in [0.5, 0.6) is 5.75 Å². The molecule has 0 aliphatic rings. The zero-order valence-corrected chi connectivity index (χ0v) is 12.5. The molecule has 0 aliphatic carbocycles. The molecule has 1 unspecified atom stereocenters. The maximum atomic E-state index is 11.4. The number of aliphatic carboxylic acids is 1. The van der Waals surface area contributed by atoms with Crippen LogP contribution >= 0.6 is 27.3 Å². The average Bonchev–Trinajstić information content (AvgIpc) is 2.82. The van der Waals surface area contributed by atoms with Crippen molar-refractivity contribution in [3.05, 3.63) is 45.1 Å². The number of anilines is 1. The Labute approximate surface area is 123 Å². The highest BCUT2D eigenvalue weighted by molar-refractivity contribution is 9.10. The summed E-state index contributed by atoms with van der Waals surface area (Å²) in [5, 5.41) is 14.2. The topological polar surface area (TPSA) is 58.6 Å². The minimum absolute atomic E-state index is 0.680. The number of carboxylic acids is 1. The molecular formula is C13H12BrNO3S. The summed E-state index contributed by atoms with van der Waals surface area (Å²) in [5.74, 6) is -0.245. The van der Waals surface area contributed by atoms with Crippen LogP contribution in [0.25, 0.3) is 0 Å². The van der Waals surface area contributed by atoms with Crippen molar-refractivity contribution in [2.75, 3.05) is 12.4 Å². The lowest BCUT2D eigenvalue weighted by molar-refractivity contribution is -0.138. The van der Waals surface area contributed by atoms with Crippen LogP contribution in [0.1, 0.15) is 10.9 Å². The fourth-order valence-electron chi connectivity index (χ4n) is 1.63. The van der Waals surface area contributed by atoms with Crippen LogP contribution in [-0.4, -0.2) is 18.2 Å². The highest BCUT2D eigenvalue weighted by Gasteiger charge is 2.23. The van der Waals surface area contributed by atoms with Gasteiger partial charge in [0.05, 0.1) is 12.0 Å². The van der Waals surface area contributed by atoms with Crippen molar-refractivity contribution in [2.45, 2.75) is 6.04 Å². The predicted molar refractivity (Wildman–Crippen MR) is 79.0 cm³/mol. The fourth-order valence-corrected chi connectivity index (χ4v) is 3.27. The van der Waals surface area contributed by atoms with E-state index in [4.69, 9.17) is 4.74 Å². The Hall–Kier alpha value is -1.53. The van der Waals surface area contributed by atoms with Crippen molar-refractivity contribution >= 4 is 38.9 Å². The Bertz CT molecular complexity index is 585. The third-order valence-corrected chi connectivity index (χ3v) is 4.47. The molecular weight excluding hydrogens is 330 g/mol. The fraction of sp³-hybridized carbons (Fsp3) is 0.154. The summed E-state index contributed by atoms with van der Waals surface area (Å²) < 4.78 is 5.91. The van der Waals surface area contributed by atoms with Crippen molar-refractivity contribution in [3.63, 3.8) is 0 Å². The summed E-state index contributed by atoms with van der Waals surface area (Å²) in [6, 6.07) is 8.23. The molecule has 0 bridgehead atoms. The predicted octanol–water partition coefficient (Wildman–Crippen LogP) is 3.76. The Kier molecular flexibility index (Phi) is 4.44. The molecule has 1 atom stereocenters. The minimum Gasteiger partial charge on any atom is -0.497 e. The van der Waals surface area contributed by atoms with Gasteiger partial charge in [-0.1, -0.05) is 6.07 Å². The average molecular weight is 342 g/mol. The Morgan fingerprint density at radius 1 is 1.47 bits per heavy atom. The van der Waals surface area contributed by atoms with E-state index in [2.05, 4.69) is 21.2 Å². The van der Waals surface area contributed by atoms with E-state index in [9.17, 15) is 9.90 Å². The number of methoxy groups -OCH3 is 1. The van der Waals surface area contributed by atoms with Crippen LogP contribution < -0.4 is 10.1 Å². The van der Waals surface area contributed by atoms with Gasteiger partial charge in [-0.05, 0) is 39.5 Å². The number of halogens is 1. The van der Waals surface area contributed by atoms with Crippen molar-refractivity contribution in [2.24, 2.45) is 0 Å². The van der Waals surface area contributed by atoms with E-state index in [1.54, 1.807) is 19.2 Å². The van der Waals surface area contributed by atoms with Gasteiger partial charge < -0.3 is 15.2 Å². The molecule has 0 saturated heterocycles. The number of carbonyl (C=O) groups is 1. The van der Waals surface area contributed by atoms with Crippen LogP contribution in [0, 0.1) is 0 Å². The summed E-state index contributed by atoms with van der Waals surface area (Å²) in [5.41, 5.74) is 0.701. The molecule has 0 spiro atoms. The van der Waals surface area contributed by atoms with E-state index in [1.807, 2.05) is 23.6 Å². The largest absolute Gasteiger partial charge is 0.497 e. The zero-order chi connectivity index (χ0) is 13.8. The highest BCUT2D eigenvalue weighted by atomic mass is 79.9. The first-order valence-electron chi connectivity index (χ1n) is 5.48. The monoisotopic (exact) mass is 341 g/mol. The quantitative estimate of drug-likeness (QED) is 0.869. The van der Waals surface area contributed by atoms with Crippen molar-refractivity contribution in [1.82, 2.24) is 0 Å². The molecule has 0 aliphatic heterocycles. The molecule has 2 aromatic rings. The summed E-state index contributed by atoms with van der Waals surface area (Å²) >= 11 is 4.75. The standard InChI is InChI=1S/C13H12BrNO3S/c1-18-9-4-2-3-8(7-9)15-11(13(16)17)12-10(14)5-6-19-12/h2-7,11,15H,1H3,(H,16,17). The van der Waals surface area contributed by atoms with E-state index in [0.717, 1.165) is 9.35 Å². The molecule has 6 heteroatoms. The number of ether oxygens (including phenoxy) is 1. The van der Waals surface area contributed by atoms with Crippen LogP contribution in [-0.2, 0) is 4.79 Å². The van der Waals surface area contributed by atoms with Gasteiger partial charge in [-0.2, -0.15) is 0 Å². The molecule has 19 heavy (non-hydrogen) atoms. The van der Waals surface area contributed by atoms with Gasteiger partial charge in [0.1, 0.15) is 5.75 Å². The summed E-state index contributed by atoms with van der Waals surface area (Å²) in [4.78, 5) is 12.1. The summed E-state index contributed by atoms with van der Waals surface area (Å²) in [6.07, 6.45) is 0. The SMILES string of the molecule is COc1cccc(NC(C(=O)O)c2sccc2Br)c1. The number of carboxylic acid groups (broad SMARTS) is 1. The molecule has 100 valence electrons. The van der Waals surface area contributed by atoms with E-state index in [-0.39, 0.29) is 0 Å². The lowest BCUT2D eigenvalue weighted by Crippen LogP contribution is -2.19. The molecule has 1 aromatic carbocycles. The third kappa shape index (κ3) is 3.27. The molecule has 0 saturated carbocycles. The normalized spacial score (nSPS) is 11.9. The minimum atomic E-state index is -0.925. The van der Waals surface area contributed by atoms with Gasteiger partial charge in [0.2, 0.25) is 0 Å². The second-order valence-corrected chi connectivity index (χ2v) is 5.58. The lowest BCUT2D eigenvalue weighted by atomic mass is 10.2. The smallest absolute Gasteiger partial charge is 0.331 e. The zero-order valence-electron chi connectivity index (χ0n) is 10.1. The van der Waals surface area contributed by atoms with Gasteiger partial charge in [-0.25, -0.2) is 4.79 Å². The summed E-state index contributed by atoms with van der Waals surface area (Å²) in [6.45, 7) is 0. The van der Waals surface area contributed by atoms with Crippen molar-refractivity contribution in [3.8, 4) is 5.75 Å². The summed E-state index contributed by atoms with van der Waals surface area (Å²) in [7, 11) is 1.57. The second kappa shape index (κ2) is 6.08. The van der Waals surface area contributed by atoms with Gasteiger partial charge in [0, 0.05) is 16.2 Å². The van der Waals surface area contributed by atoms with Gasteiger partial charge in [0.25, 0.3) is 0 Å². The molecule has 4 nitrogen and oxygen atoms in total. The highest BCUT2D eigenvalue weighted by Crippen LogP contribution is 2.32. The van der Waals surface area contributed by atoms with Crippen molar-refractivity contribution < 1.29 is 14.6 Å². The van der Waals surface area contributed by atoms with Crippen LogP contribution in [0.4, 0.5) is 5.69 Å². The van der Waals surface area contributed by atoms with E-state index < -0.39 is 12.0 Å². The number of benzene rings is 1. The van der Waals surface area contributed by atoms with E-state index >= 15 is 0 Å². The lowest BCUT2D eigenvalue weighted by Gasteiger charge is -2.15. The number of hydrogen-bond donors (Lipinski definition) is 2. The molecule has 1 heterocycles. The van der Waals surface area contributed by atoms with Gasteiger partial charge in [-0.3, -0.25) is 0 Å².